The molecule has 0 amide bonds. The molecule has 2 aliphatic rings. The summed E-state index contributed by atoms with van der Waals surface area (Å²) in [6, 6.07) is 51.7. The third-order valence-electron chi connectivity index (χ3n) is 16.6. The molecule has 380 valence electrons. The van der Waals surface area contributed by atoms with Crippen LogP contribution in [-0.2, 0) is 0 Å². The van der Waals surface area contributed by atoms with Gasteiger partial charge in [-0.25, -0.2) is 0 Å². The Morgan fingerprint density at radius 1 is 0.288 bits per heavy atom. The fourth-order valence-electron chi connectivity index (χ4n) is 12.8. The summed E-state index contributed by atoms with van der Waals surface area (Å²) in [6.07, 6.45) is 5.52. The van der Waals surface area contributed by atoms with Crippen molar-refractivity contribution < 1.29 is 0 Å². The van der Waals surface area contributed by atoms with Crippen LogP contribution in [0.15, 0.2) is 127 Å². The molecule has 2 atom stereocenters. The van der Waals surface area contributed by atoms with Crippen molar-refractivity contribution in [3.63, 3.8) is 0 Å². The van der Waals surface area contributed by atoms with Gasteiger partial charge in [-0.2, -0.15) is 0 Å². The molecule has 9 rings (SSSR count). The van der Waals surface area contributed by atoms with Crippen LogP contribution in [0.1, 0.15) is 228 Å². The molecule has 1 aliphatic carbocycles. The quantitative estimate of drug-likeness (QED) is 0.0898. The summed E-state index contributed by atoms with van der Waals surface area (Å²) >= 11 is -1.24. The Labute approximate surface area is 447 Å². The summed E-state index contributed by atoms with van der Waals surface area (Å²) in [5, 5.41) is 0. The zero-order chi connectivity index (χ0) is 52.2. The van der Waals surface area contributed by atoms with Crippen molar-refractivity contribution in [3.8, 4) is 66.8 Å². The molecule has 7 aromatic carbocycles. The topological polar surface area (TPSA) is 0 Å². The van der Waals surface area contributed by atoms with Gasteiger partial charge < -0.3 is 0 Å². The van der Waals surface area contributed by atoms with Crippen LogP contribution in [0.25, 0.3) is 66.8 Å². The molecule has 1 saturated heterocycles. The second-order valence-corrected chi connectivity index (χ2v) is 29.5. The first-order valence-corrected chi connectivity index (χ1v) is 31.4. The van der Waals surface area contributed by atoms with Gasteiger partial charge >= 0.3 is 450 Å². The first-order valence-electron chi connectivity index (χ1n) is 28.6. The molecule has 0 spiro atoms. The second kappa shape index (κ2) is 21.7. The summed E-state index contributed by atoms with van der Waals surface area (Å²) in [6.45, 7) is 38.2. The summed E-state index contributed by atoms with van der Waals surface area (Å²) in [7, 11) is 0. The molecule has 0 nitrogen and oxygen atoms in total. The van der Waals surface area contributed by atoms with Gasteiger partial charge in [0.2, 0.25) is 0 Å². The van der Waals surface area contributed by atoms with Crippen molar-refractivity contribution in [2.75, 3.05) is 0 Å². The van der Waals surface area contributed by atoms with E-state index in [0.29, 0.717) is 47.3 Å². The molecule has 0 bridgehead atoms. The minimum atomic E-state index is -1.24. The Bertz CT molecular complexity index is 2640. The molecule has 2 fully saturated rings. The molecule has 7 aromatic rings. The van der Waals surface area contributed by atoms with E-state index in [1.807, 2.05) is 0 Å². The van der Waals surface area contributed by atoms with Gasteiger partial charge in [0.15, 0.2) is 0 Å². The standard InChI is InChI=1S/C72H87Se/c1-42(2)56-24-19-25-57(43(3)4)68(56)52-36-50(37-53(40-52)69-58(44(5)6)26-20-27-59(69)45(7)8)64-32-23-33-65(72(64)73-66-34-17-18-35-67(66)73)51-38-54(70-60(46(9)10)28-21-29-61(70)47(11)12)41-55(39-51)71-62(48(13)14)30-22-31-63(71)49(15)16/h19-33,36-49,66-67H,17-18,34-35H2,1-16H3/q+1. The predicted octanol–water partition coefficient (Wildman–Crippen LogP) is 21.7. The summed E-state index contributed by atoms with van der Waals surface area (Å²) in [5.74, 6) is 3.15. The number of fused-ring (bicyclic) bond motifs is 1. The molecule has 1 heteroatoms. The Morgan fingerprint density at radius 3 is 0.712 bits per heavy atom. The van der Waals surface area contributed by atoms with Crippen LogP contribution >= 0.6 is 0 Å². The molecule has 2 unspecified atom stereocenters. The number of hydrogen-bond donors (Lipinski definition) is 0. The molecule has 0 aromatic heterocycles. The normalized spacial score (nSPS) is 16.8. The molecule has 0 N–H and O–H groups in total. The SMILES string of the molecule is CC(C)c1cccc(C(C)C)c1-c1cc(-c2cccc(-c3cc(-c4c(C(C)C)cccc4C(C)C)cc(-c4c(C(C)C)cccc4C(C)C)c3)c2[Se+]2C3CCCCC32)cc(-c2c(C(C)C)cccc2C(C)C)c1. The Hall–Kier alpha value is -4.94. The maximum absolute atomic E-state index is 2.63. The van der Waals surface area contributed by atoms with E-state index >= 15 is 0 Å². The van der Waals surface area contributed by atoms with Gasteiger partial charge in [0.05, 0.1) is 0 Å². The fraction of sp³-hybridized carbons (Fsp3) is 0.417. The van der Waals surface area contributed by atoms with Gasteiger partial charge in [-0.1, -0.05) is 0 Å². The van der Waals surface area contributed by atoms with E-state index in [9.17, 15) is 0 Å². The van der Waals surface area contributed by atoms with Gasteiger partial charge in [0.1, 0.15) is 0 Å². The van der Waals surface area contributed by atoms with Gasteiger partial charge in [0, 0.05) is 0 Å². The maximum atomic E-state index is 2.63. The molecule has 73 heavy (non-hydrogen) atoms. The van der Waals surface area contributed by atoms with E-state index in [4.69, 9.17) is 0 Å². The minimum absolute atomic E-state index is 0.394. The first kappa shape index (κ1) is 52.9. The van der Waals surface area contributed by atoms with Crippen molar-refractivity contribution in [2.45, 2.75) is 193 Å². The summed E-state index contributed by atoms with van der Waals surface area (Å²) < 4.78 is 1.70. The van der Waals surface area contributed by atoms with Crippen LogP contribution in [-0.4, -0.2) is 13.9 Å². The summed E-state index contributed by atoms with van der Waals surface area (Å²) in [4.78, 5) is 1.71. The van der Waals surface area contributed by atoms with Crippen molar-refractivity contribution >= 4 is 18.4 Å². The van der Waals surface area contributed by atoms with Crippen molar-refractivity contribution in [3.05, 3.63) is 172 Å². The average Bonchev–Trinajstić information content (AvgIpc) is 4.10. The predicted molar refractivity (Wildman–Crippen MR) is 323 cm³/mol. The van der Waals surface area contributed by atoms with Gasteiger partial charge in [-0.05, 0) is 0 Å². The van der Waals surface area contributed by atoms with Crippen LogP contribution in [0.3, 0.4) is 0 Å². The van der Waals surface area contributed by atoms with Crippen LogP contribution in [0.2, 0.25) is 9.63 Å². The van der Waals surface area contributed by atoms with Gasteiger partial charge in [-0.15, -0.1) is 0 Å². The molecule has 1 heterocycles. The number of rotatable bonds is 15. The third-order valence-corrected chi connectivity index (χ3v) is 23.0. The molecule has 0 radical (unpaired) electrons. The Morgan fingerprint density at radius 2 is 0.493 bits per heavy atom. The van der Waals surface area contributed by atoms with E-state index in [-0.39, 0.29) is 0 Å². The van der Waals surface area contributed by atoms with E-state index in [2.05, 4.69) is 238 Å². The monoisotopic (exact) mass is 1030 g/mol. The molecule has 1 saturated carbocycles. The average molecular weight is 1030 g/mol. The Balaban J connectivity index is 1.42. The zero-order valence-corrected chi connectivity index (χ0v) is 49.3. The third kappa shape index (κ3) is 10.3. The van der Waals surface area contributed by atoms with Crippen LogP contribution in [0, 0.1) is 0 Å². The van der Waals surface area contributed by atoms with Gasteiger partial charge in [-0.3, -0.25) is 0 Å². The van der Waals surface area contributed by atoms with E-state index in [1.165, 1.54) is 137 Å². The second-order valence-electron chi connectivity index (χ2n) is 24.5. The first-order chi connectivity index (χ1) is 34.9. The number of benzene rings is 7. The van der Waals surface area contributed by atoms with Crippen molar-refractivity contribution in [2.24, 2.45) is 0 Å². The van der Waals surface area contributed by atoms with Crippen LogP contribution in [0.4, 0.5) is 0 Å². The molecular formula is C72H87Se+. The van der Waals surface area contributed by atoms with Crippen LogP contribution < -0.4 is 4.46 Å². The van der Waals surface area contributed by atoms with E-state index in [0.717, 1.165) is 9.63 Å². The Kier molecular flexibility index (Phi) is 15.7. The zero-order valence-electron chi connectivity index (χ0n) is 47.6. The summed E-state index contributed by atoms with van der Waals surface area (Å²) in [5.41, 5.74) is 28.5. The molecular weight excluding hydrogens is 944 g/mol. The van der Waals surface area contributed by atoms with E-state index < -0.39 is 13.9 Å². The molecule has 1 aliphatic heterocycles. The fourth-order valence-corrected chi connectivity index (χ4v) is 20.2. The van der Waals surface area contributed by atoms with Gasteiger partial charge in [0.25, 0.3) is 0 Å². The van der Waals surface area contributed by atoms with E-state index in [1.54, 1.807) is 4.46 Å². The van der Waals surface area contributed by atoms with Crippen molar-refractivity contribution in [1.29, 1.82) is 0 Å². The number of hydrogen-bond acceptors (Lipinski definition) is 0. The van der Waals surface area contributed by atoms with Crippen molar-refractivity contribution in [1.82, 2.24) is 0 Å². The van der Waals surface area contributed by atoms with Crippen LogP contribution in [0.5, 0.6) is 0 Å².